The van der Waals surface area contributed by atoms with Crippen molar-refractivity contribution in [3.63, 3.8) is 0 Å². The van der Waals surface area contributed by atoms with Crippen LogP contribution in [-0.2, 0) is 30.6 Å². The zero-order chi connectivity index (χ0) is 22.4. The lowest BCUT2D eigenvalue weighted by molar-refractivity contribution is -0.137. The van der Waals surface area contributed by atoms with Gasteiger partial charge in [0, 0.05) is 46.7 Å². The third kappa shape index (κ3) is 6.23. The second-order valence-corrected chi connectivity index (χ2v) is 7.69. The lowest BCUT2D eigenvalue weighted by Gasteiger charge is -2.23. The number of benzene rings is 2. The van der Waals surface area contributed by atoms with Crippen LogP contribution in [0.5, 0.6) is 0 Å². The Hall–Kier alpha value is -3.03. The number of carbonyl (C=O) groups is 1. The molecule has 0 saturated carbocycles. The normalized spacial score (nSPS) is 14.8. The van der Waals surface area contributed by atoms with Crippen LogP contribution in [0.1, 0.15) is 35.1 Å². The first-order valence-corrected chi connectivity index (χ1v) is 10.2. The van der Waals surface area contributed by atoms with E-state index in [1.54, 1.807) is 7.05 Å². The maximum Gasteiger partial charge on any atom is 0.416 e. The molecule has 1 fully saturated rings. The summed E-state index contributed by atoms with van der Waals surface area (Å²) in [5.74, 6) is 0.842. The van der Waals surface area contributed by atoms with Crippen LogP contribution in [-0.4, -0.2) is 42.3 Å². The van der Waals surface area contributed by atoms with Crippen LogP contribution in [0.25, 0.3) is 0 Å². The van der Waals surface area contributed by atoms with Crippen molar-refractivity contribution in [2.24, 2.45) is 4.99 Å². The van der Waals surface area contributed by atoms with Crippen LogP contribution in [0.3, 0.4) is 0 Å². The topological polar surface area (TPSA) is 47.9 Å². The SMILES string of the molecule is CN=C(NCc1cccc(CN2CCCC2=O)c1)N(C)Cc1ccc(C(F)(F)F)cc1. The second kappa shape index (κ2) is 9.85. The fraction of sp³-hybridized carbons (Fsp3) is 0.391. The molecule has 5 nitrogen and oxygen atoms in total. The second-order valence-electron chi connectivity index (χ2n) is 7.69. The number of carbonyl (C=O) groups excluding carboxylic acids is 1. The first-order chi connectivity index (χ1) is 14.8. The molecule has 1 amide bonds. The zero-order valence-corrected chi connectivity index (χ0v) is 17.7. The molecule has 1 N–H and O–H groups in total. The minimum Gasteiger partial charge on any atom is -0.352 e. The van der Waals surface area contributed by atoms with E-state index in [9.17, 15) is 18.0 Å². The summed E-state index contributed by atoms with van der Waals surface area (Å²) in [5.41, 5.74) is 2.25. The molecule has 8 heteroatoms. The number of nitrogens with zero attached hydrogens (tertiary/aromatic N) is 3. The molecule has 0 bridgehead atoms. The fourth-order valence-electron chi connectivity index (χ4n) is 3.64. The zero-order valence-electron chi connectivity index (χ0n) is 17.7. The van der Waals surface area contributed by atoms with E-state index in [4.69, 9.17) is 0 Å². The fourth-order valence-corrected chi connectivity index (χ4v) is 3.64. The van der Waals surface area contributed by atoms with Gasteiger partial charge in [-0.25, -0.2) is 0 Å². The number of halogens is 3. The number of nitrogens with one attached hydrogen (secondary N) is 1. The van der Waals surface area contributed by atoms with Crippen LogP contribution in [0.4, 0.5) is 13.2 Å². The lowest BCUT2D eigenvalue weighted by Crippen LogP contribution is -2.38. The number of hydrogen-bond donors (Lipinski definition) is 1. The van der Waals surface area contributed by atoms with Gasteiger partial charge in [0.2, 0.25) is 5.91 Å². The molecule has 0 unspecified atom stereocenters. The van der Waals surface area contributed by atoms with Crippen molar-refractivity contribution in [3.05, 3.63) is 70.8 Å². The first-order valence-electron chi connectivity index (χ1n) is 10.2. The molecule has 166 valence electrons. The minimum atomic E-state index is -4.33. The molecule has 2 aromatic carbocycles. The molecule has 0 atom stereocenters. The number of likely N-dealkylation sites (tertiary alicyclic amines) is 1. The molecule has 1 aliphatic heterocycles. The smallest absolute Gasteiger partial charge is 0.352 e. The van der Waals surface area contributed by atoms with Gasteiger partial charge in [0.1, 0.15) is 0 Å². The highest BCUT2D eigenvalue weighted by atomic mass is 19.4. The van der Waals surface area contributed by atoms with E-state index >= 15 is 0 Å². The van der Waals surface area contributed by atoms with Gasteiger partial charge in [-0.3, -0.25) is 9.79 Å². The van der Waals surface area contributed by atoms with Crippen molar-refractivity contribution >= 4 is 11.9 Å². The average molecular weight is 432 g/mol. The van der Waals surface area contributed by atoms with Gasteiger partial charge in [-0.2, -0.15) is 13.2 Å². The number of alkyl halides is 3. The van der Waals surface area contributed by atoms with Crippen molar-refractivity contribution in [1.82, 2.24) is 15.1 Å². The summed E-state index contributed by atoms with van der Waals surface area (Å²) in [5, 5.41) is 3.29. The highest BCUT2D eigenvalue weighted by molar-refractivity contribution is 5.79. The van der Waals surface area contributed by atoms with Crippen LogP contribution in [0.15, 0.2) is 53.5 Å². The van der Waals surface area contributed by atoms with Gasteiger partial charge >= 0.3 is 6.18 Å². The van der Waals surface area contributed by atoms with E-state index in [0.29, 0.717) is 32.0 Å². The van der Waals surface area contributed by atoms with Gasteiger partial charge in [0.25, 0.3) is 0 Å². The molecule has 0 aromatic heterocycles. The number of amides is 1. The summed E-state index contributed by atoms with van der Waals surface area (Å²) >= 11 is 0. The van der Waals surface area contributed by atoms with Crippen molar-refractivity contribution in [1.29, 1.82) is 0 Å². The van der Waals surface area contributed by atoms with Crippen molar-refractivity contribution in [2.75, 3.05) is 20.6 Å². The molecule has 3 rings (SSSR count). The Labute approximate surface area is 180 Å². The summed E-state index contributed by atoms with van der Waals surface area (Å²) in [6, 6.07) is 13.2. The molecular weight excluding hydrogens is 405 g/mol. The van der Waals surface area contributed by atoms with E-state index in [2.05, 4.69) is 16.4 Å². The third-order valence-corrected chi connectivity index (χ3v) is 5.26. The van der Waals surface area contributed by atoms with Crippen LogP contribution in [0, 0.1) is 0 Å². The largest absolute Gasteiger partial charge is 0.416 e. The quantitative estimate of drug-likeness (QED) is 0.554. The number of guanidine groups is 1. The van der Waals surface area contributed by atoms with E-state index in [0.717, 1.165) is 41.8 Å². The number of aliphatic imine (C=N–C) groups is 1. The summed E-state index contributed by atoms with van der Waals surface area (Å²) in [4.78, 5) is 19.9. The molecule has 2 aromatic rings. The van der Waals surface area contributed by atoms with Crippen LogP contribution in [0.2, 0.25) is 0 Å². The van der Waals surface area contributed by atoms with Gasteiger partial charge in [-0.1, -0.05) is 36.4 Å². The number of rotatable bonds is 6. The maximum atomic E-state index is 12.7. The third-order valence-electron chi connectivity index (χ3n) is 5.26. The van der Waals surface area contributed by atoms with Crippen molar-refractivity contribution in [3.8, 4) is 0 Å². The summed E-state index contributed by atoms with van der Waals surface area (Å²) in [6.07, 6.45) is -2.79. The molecule has 0 radical (unpaired) electrons. The maximum absolute atomic E-state index is 12.7. The molecule has 1 saturated heterocycles. The standard InChI is InChI=1S/C23H27F3N4O/c1-27-22(29(2)15-17-8-10-20(11-9-17)23(24,25)26)28-14-18-5-3-6-19(13-18)16-30-12-4-7-21(30)31/h3,5-6,8-11,13H,4,7,12,14-16H2,1-2H3,(H,27,28). The predicted molar refractivity (Wildman–Crippen MR) is 114 cm³/mol. The molecule has 1 heterocycles. The molecular formula is C23H27F3N4O. The van der Waals surface area contributed by atoms with Gasteiger partial charge in [0.05, 0.1) is 5.56 Å². The van der Waals surface area contributed by atoms with Gasteiger partial charge in [0.15, 0.2) is 5.96 Å². The van der Waals surface area contributed by atoms with E-state index in [1.165, 1.54) is 12.1 Å². The van der Waals surface area contributed by atoms with Crippen molar-refractivity contribution in [2.45, 2.75) is 38.7 Å². The Morgan fingerprint density at radius 3 is 2.45 bits per heavy atom. The van der Waals surface area contributed by atoms with Gasteiger partial charge in [-0.05, 0) is 35.2 Å². The van der Waals surface area contributed by atoms with Crippen LogP contribution < -0.4 is 5.32 Å². The average Bonchev–Trinajstić information content (AvgIpc) is 3.13. The monoisotopic (exact) mass is 432 g/mol. The first kappa shape index (κ1) is 22.7. The minimum absolute atomic E-state index is 0.203. The predicted octanol–water partition coefficient (Wildman–Crippen LogP) is 4.04. The van der Waals surface area contributed by atoms with E-state index in [1.807, 2.05) is 35.0 Å². The Balaban J connectivity index is 1.56. The Kier molecular flexibility index (Phi) is 7.20. The van der Waals surface area contributed by atoms with E-state index in [-0.39, 0.29) is 5.91 Å². The Morgan fingerprint density at radius 1 is 1.13 bits per heavy atom. The van der Waals surface area contributed by atoms with Gasteiger partial charge < -0.3 is 15.1 Å². The highest BCUT2D eigenvalue weighted by Crippen LogP contribution is 2.29. The Bertz CT molecular complexity index is 925. The Morgan fingerprint density at radius 2 is 1.84 bits per heavy atom. The van der Waals surface area contributed by atoms with Crippen LogP contribution >= 0.6 is 0 Å². The van der Waals surface area contributed by atoms with Gasteiger partial charge in [-0.15, -0.1) is 0 Å². The summed E-state index contributed by atoms with van der Waals surface area (Å²) in [6.45, 7) is 2.40. The summed E-state index contributed by atoms with van der Waals surface area (Å²) in [7, 11) is 3.50. The summed E-state index contributed by atoms with van der Waals surface area (Å²) < 4.78 is 38.2. The number of hydrogen-bond acceptors (Lipinski definition) is 2. The molecule has 31 heavy (non-hydrogen) atoms. The lowest BCUT2D eigenvalue weighted by atomic mass is 10.1. The highest BCUT2D eigenvalue weighted by Gasteiger charge is 2.30. The molecule has 1 aliphatic rings. The van der Waals surface area contributed by atoms with E-state index < -0.39 is 11.7 Å². The molecule has 0 spiro atoms. The molecule has 0 aliphatic carbocycles. The van der Waals surface area contributed by atoms with Crippen molar-refractivity contribution < 1.29 is 18.0 Å².